The Labute approximate surface area is 169 Å². The van der Waals surface area contributed by atoms with Crippen molar-refractivity contribution < 1.29 is 23.8 Å². The summed E-state index contributed by atoms with van der Waals surface area (Å²) in [5, 5.41) is 0. The summed E-state index contributed by atoms with van der Waals surface area (Å²) in [7, 11) is 0. The first kappa shape index (κ1) is 24.2. The van der Waals surface area contributed by atoms with Gasteiger partial charge in [0.25, 0.3) is 0 Å². The average Bonchev–Trinajstić information content (AvgIpc) is 2.70. The minimum Gasteiger partial charge on any atom is -0.464 e. The van der Waals surface area contributed by atoms with Crippen LogP contribution in [-0.2, 0) is 30.2 Å². The van der Waals surface area contributed by atoms with Gasteiger partial charge in [0.1, 0.15) is 13.2 Å². The van der Waals surface area contributed by atoms with Gasteiger partial charge in [0.05, 0.1) is 13.2 Å². The smallest absolute Gasteiger partial charge is 0.332 e. The minimum atomic E-state index is -0.470. The summed E-state index contributed by atoms with van der Waals surface area (Å²) in [6, 6.07) is 9.79. The van der Waals surface area contributed by atoms with Crippen molar-refractivity contribution in [2.75, 3.05) is 26.4 Å². The molecule has 0 saturated carbocycles. The number of hydrogen-bond acceptors (Lipinski definition) is 5. The molecule has 0 bridgehead atoms. The zero-order chi connectivity index (χ0) is 20.3. The van der Waals surface area contributed by atoms with E-state index in [0.29, 0.717) is 19.6 Å². The van der Waals surface area contributed by atoms with E-state index >= 15 is 0 Å². The lowest BCUT2D eigenvalue weighted by Gasteiger charge is -2.07. The molecule has 28 heavy (non-hydrogen) atoms. The lowest BCUT2D eigenvalue weighted by atomic mass is 10.1. The highest BCUT2D eigenvalue weighted by Crippen LogP contribution is 2.09. The molecule has 1 rings (SSSR count). The molecule has 0 unspecified atom stereocenters. The Morgan fingerprint density at radius 3 is 1.86 bits per heavy atom. The molecule has 0 heterocycles. The summed E-state index contributed by atoms with van der Waals surface area (Å²) >= 11 is 0. The maximum atomic E-state index is 11.6. The van der Waals surface area contributed by atoms with Crippen LogP contribution in [0.5, 0.6) is 0 Å². The maximum absolute atomic E-state index is 11.6. The third kappa shape index (κ3) is 14.2. The molecule has 5 heteroatoms. The van der Waals surface area contributed by atoms with Gasteiger partial charge < -0.3 is 14.2 Å². The molecule has 0 N–H and O–H groups in total. The first-order valence-corrected chi connectivity index (χ1v) is 10.6. The summed E-state index contributed by atoms with van der Waals surface area (Å²) in [5.41, 5.74) is 1.11. The van der Waals surface area contributed by atoms with Crippen LogP contribution in [0.15, 0.2) is 30.3 Å². The minimum absolute atomic E-state index is 0.217. The van der Waals surface area contributed by atoms with Gasteiger partial charge in [-0.1, -0.05) is 88.6 Å². The zero-order valence-corrected chi connectivity index (χ0v) is 17.3. The number of benzene rings is 1. The van der Waals surface area contributed by atoms with Crippen LogP contribution >= 0.6 is 0 Å². The second-order valence-electron chi connectivity index (χ2n) is 7.00. The molecule has 0 amide bonds. The molecule has 158 valence electrons. The predicted molar refractivity (Wildman–Crippen MR) is 110 cm³/mol. The Balaban J connectivity index is 1.87. The zero-order valence-electron chi connectivity index (χ0n) is 17.3. The van der Waals surface area contributed by atoms with Gasteiger partial charge in [-0.05, 0) is 12.0 Å². The van der Waals surface area contributed by atoms with Crippen molar-refractivity contribution in [1.82, 2.24) is 0 Å². The Morgan fingerprint density at radius 1 is 0.714 bits per heavy atom. The second kappa shape index (κ2) is 17.2. The van der Waals surface area contributed by atoms with E-state index in [1.807, 2.05) is 30.3 Å². The summed E-state index contributed by atoms with van der Waals surface area (Å²) in [4.78, 5) is 23.1. The summed E-state index contributed by atoms with van der Waals surface area (Å²) in [5.74, 6) is -0.903. The van der Waals surface area contributed by atoms with Gasteiger partial charge in [0, 0.05) is 6.42 Å². The van der Waals surface area contributed by atoms with Crippen LogP contribution in [0.2, 0.25) is 0 Å². The molecule has 0 aromatic heterocycles. The van der Waals surface area contributed by atoms with Gasteiger partial charge >= 0.3 is 11.9 Å². The molecule has 0 saturated heterocycles. The van der Waals surface area contributed by atoms with Gasteiger partial charge in [-0.3, -0.25) is 0 Å². The molecular formula is C23H36O5. The van der Waals surface area contributed by atoms with Crippen molar-refractivity contribution in [3.05, 3.63) is 35.9 Å². The van der Waals surface area contributed by atoms with E-state index in [1.165, 1.54) is 44.9 Å². The number of hydrogen-bond donors (Lipinski definition) is 0. The van der Waals surface area contributed by atoms with Gasteiger partial charge in [-0.2, -0.15) is 0 Å². The molecule has 1 aromatic rings. The fraction of sp³-hybridized carbons (Fsp3) is 0.652. The molecule has 0 atom stereocenters. The Hall–Kier alpha value is -1.88. The molecule has 0 radical (unpaired) electrons. The highest BCUT2D eigenvalue weighted by molar-refractivity contribution is 5.73. The largest absolute Gasteiger partial charge is 0.464 e. The highest BCUT2D eigenvalue weighted by atomic mass is 16.6. The molecule has 0 spiro atoms. The Morgan fingerprint density at radius 2 is 1.25 bits per heavy atom. The average molecular weight is 393 g/mol. The van der Waals surface area contributed by atoms with Crippen molar-refractivity contribution in [2.24, 2.45) is 0 Å². The standard InChI is InChI=1S/C23H36O5/c1-2-3-4-5-6-7-8-9-13-17-27-22(24)19-26-20-23(25)28-18-16-21-14-11-10-12-15-21/h10-12,14-15H,2-9,13,16-20H2,1H3. The molecule has 5 nitrogen and oxygen atoms in total. The first-order valence-electron chi connectivity index (χ1n) is 10.6. The number of unbranched alkanes of at least 4 members (excludes halogenated alkanes) is 8. The van der Waals surface area contributed by atoms with Crippen LogP contribution in [0.1, 0.15) is 70.3 Å². The third-order valence-corrected chi connectivity index (χ3v) is 4.45. The lowest BCUT2D eigenvalue weighted by Crippen LogP contribution is -2.19. The molecule has 0 aliphatic rings. The molecule has 0 aliphatic carbocycles. The first-order chi connectivity index (χ1) is 13.7. The molecular weight excluding hydrogens is 356 g/mol. The van der Waals surface area contributed by atoms with Crippen molar-refractivity contribution in [1.29, 1.82) is 0 Å². The van der Waals surface area contributed by atoms with Crippen molar-refractivity contribution >= 4 is 11.9 Å². The molecule has 1 aromatic carbocycles. The Kier molecular flexibility index (Phi) is 14.9. The van der Waals surface area contributed by atoms with Crippen molar-refractivity contribution in [3.8, 4) is 0 Å². The predicted octanol–water partition coefficient (Wildman–Crippen LogP) is 4.86. The maximum Gasteiger partial charge on any atom is 0.332 e. The third-order valence-electron chi connectivity index (χ3n) is 4.45. The van der Waals surface area contributed by atoms with E-state index in [9.17, 15) is 9.59 Å². The number of rotatable bonds is 17. The summed E-state index contributed by atoms with van der Waals surface area (Å²) in [6.45, 7) is 2.49. The monoisotopic (exact) mass is 392 g/mol. The lowest BCUT2D eigenvalue weighted by molar-refractivity contribution is -0.155. The van der Waals surface area contributed by atoms with Gasteiger partial charge in [-0.15, -0.1) is 0 Å². The van der Waals surface area contributed by atoms with Crippen LogP contribution in [0.4, 0.5) is 0 Å². The van der Waals surface area contributed by atoms with Gasteiger partial charge in [-0.25, -0.2) is 9.59 Å². The number of carbonyl (C=O) groups is 2. The summed E-state index contributed by atoms with van der Waals surface area (Å²) < 4.78 is 15.2. The topological polar surface area (TPSA) is 61.8 Å². The van der Waals surface area contributed by atoms with E-state index < -0.39 is 11.9 Å². The normalized spacial score (nSPS) is 10.6. The van der Waals surface area contributed by atoms with Crippen LogP contribution < -0.4 is 0 Å². The van der Waals surface area contributed by atoms with E-state index in [0.717, 1.165) is 18.4 Å². The highest BCUT2D eigenvalue weighted by Gasteiger charge is 2.07. The Bertz CT molecular complexity index is 515. The second-order valence-corrected chi connectivity index (χ2v) is 7.00. The number of carbonyl (C=O) groups excluding carboxylic acids is 2. The van der Waals surface area contributed by atoms with Gasteiger partial charge in [0.15, 0.2) is 0 Å². The van der Waals surface area contributed by atoms with Crippen LogP contribution in [0.3, 0.4) is 0 Å². The van der Waals surface area contributed by atoms with E-state index in [1.54, 1.807) is 0 Å². The molecule has 0 fully saturated rings. The fourth-order valence-corrected chi connectivity index (χ4v) is 2.83. The SMILES string of the molecule is CCCCCCCCCCCOC(=O)COCC(=O)OCCc1ccccc1. The number of ether oxygens (including phenoxy) is 3. The fourth-order valence-electron chi connectivity index (χ4n) is 2.83. The van der Waals surface area contributed by atoms with Crippen LogP contribution in [-0.4, -0.2) is 38.4 Å². The molecule has 0 aliphatic heterocycles. The van der Waals surface area contributed by atoms with Crippen LogP contribution in [0.25, 0.3) is 0 Å². The summed E-state index contributed by atoms with van der Waals surface area (Å²) in [6.07, 6.45) is 11.7. The van der Waals surface area contributed by atoms with E-state index in [4.69, 9.17) is 14.2 Å². The number of esters is 2. The van der Waals surface area contributed by atoms with E-state index in [-0.39, 0.29) is 13.2 Å². The van der Waals surface area contributed by atoms with Crippen LogP contribution in [0, 0.1) is 0 Å². The van der Waals surface area contributed by atoms with Crippen molar-refractivity contribution in [3.63, 3.8) is 0 Å². The van der Waals surface area contributed by atoms with Crippen molar-refractivity contribution in [2.45, 2.75) is 71.1 Å². The van der Waals surface area contributed by atoms with E-state index in [2.05, 4.69) is 6.92 Å². The quantitative estimate of drug-likeness (QED) is 0.280. The van der Waals surface area contributed by atoms with Gasteiger partial charge in [0.2, 0.25) is 0 Å².